The molecular formula is C20H31N3O4. The van der Waals surface area contributed by atoms with Crippen LogP contribution in [0.2, 0.25) is 0 Å². The zero-order chi connectivity index (χ0) is 19.6. The molecule has 1 saturated carbocycles. The maximum absolute atomic E-state index is 12.4. The van der Waals surface area contributed by atoms with Crippen LogP contribution in [0.15, 0.2) is 30.3 Å². The number of carbonyl (C=O) groups excluding carboxylic acids is 2. The van der Waals surface area contributed by atoms with Crippen LogP contribution >= 0.6 is 0 Å². The molecule has 0 bridgehead atoms. The second-order valence-corrected chi connectivity index (χ2v) is 6.98. The minimum Gasteiger partial charge on any atom is -0.395 e. The average Bonchev–Trinajstić information content (AvgIpc) is 2.72. The molecule has 1 aliphatic rings. The predicted octanol–water partition coefficient (Wildman–Crippen LogP) is 0.746. The van der Waals surface area contributed by atoms with Gasteiger partial charge in [-0.15, -0.1) is 0 Å². The summed E-state index contributed by atoms with van der Waals surface area (Å²) in [5, 5.41) is 18.2. The fourth-order valence-corrected chi connectivity index (χ4v) is 3.67. The van der Waals surface area contributed by atoms with E-state index in [0.717, 1.165) is 31.2 Å². The topological polar surface area (TPSA) is 99.7 Å². The van der Waals surface area contributed by atoms with Gasteiger partial charge in [0.1, 0.15) is 6.04 Å². The fourth-order valence-electron chi connectivity index (χ4n) is 3.67. The summed E-state index contributed by atoms with van der Waals surface area (Å²) in [7, 11) is 3.25. The second-order valence-electron chi connectivity index (χ2n) is 6.98. The summed E-state index contributed by atoms with van der Waals surface area (Å²) >= 11 is 0. The van der Waals surface area contributed by atoms with Crippen molar-refractivity contribution in [3.8, 4) is 0 Å². The maximum Gasteiger partial charge on any atom is 0.246 e. The summed E-state index contributed by atoms with van der Waals surface area (Å²) in [6.07, 6.45) is 4.19. The normalized spacial score (nSPS) is 21.9. The number of amides is 2. The highest BCUT2D eigenvalue weighted by molar-refractivity contribution is 5.89. The summed E-state index contributed by atoms with van der Waals surface area (Å²) < 4.78 is 5.45. The minimum absolute atomic E-state index is 0.0358. The molecule has 4 atom stereocenters. The third-order valence-corrected chi connectivity index (χ3v) is 5.24. The number of likely N-dealkylation sites (N-methyl/N-ethyl adjacent to an activating group) is 1. The van der Waals surface area contributed by atoms with Crippen LogP contribution < -0.4 is 16.0 Å². The van der Waals surface area contributed by atoms with E-state index in [1.807, 2.05) is 18.2 Å². The van der Waals surface area contributed by atoms with Gasteiger partial charge in [-0.1, -0.05) is 36.8 Å². The Morgan fingerprint density at radius 2 is 2.00 bits per heavy atom. The molecule has 1 aromatic rings. The smallest absolute Gasteiger partial charge is 0.246 e. The molecule has 1 aromatic carbocycles. The fraction of sp³-hybridized carbons (Fsp3) is 0.600. The summed E-state index contributed by atoms with van der Waals surface area (Å²) in [4.78, 5) is 24.6. The highest BCUT2D eigenvalue weighted by atomic mass is 16.5. The number of nitrogens with one attached hydrogen (secondary N) is 3. The van der Waals surface area contributed by atoms with Crippen molar-refractivity contribution in [2.45, 2.75) is 43.9 Å². The Balaban J connectivity index is 1.91. The first kappa shape index (κ1) is 21.3. The second kappa shape index (κ2) is 11.0. The van der Waals surface area contributed by atoms with Crippen LogP contribution in [0.5, 0.6) is 0 Å². The maximum atomic E-state index is 12.4. The van der Waals surface area contributed by atoms with E-state index in [0.29, 0.717) is 0 Å². The van der Waals surface area contributed by atoms with Gasteiger partial charge in [-0.2, -0.15) is 0 Å². The van der Waals surface area contributed by atoms with E-state index in [1.165, 1.54) is 0 Å². The molecule has 0 heterocycles. The third-order valence-electron chi connectivity index (χ3n) is 5.24. The van der Waals surface area contributed by atoms with Crippen LogP contribution in [0.4, 0.5) is 0 Å². The van der Waals surface area contributed by atoms with Crippen molar-refractivity contribution >= 4 is 11.8 Å². The number of aliphatic hydroxyl groups is 1. The predicted molar refractivity (Wildman–Crippen MR) is 103 cm³/mol. The van der Waals surface area contributed by atoms with Crippen LogP contribution in [0, 0.1) is 5.92 Å². The van der Waals surface area contributed by atoms with E-state index in [9.17, 15) is 14.7 Å². The lowest BCUT2D eigenvalue weighted by atomic mass is 9.82. The van der Waals surface area contributed by atoms with Crippen molar-refractivity contribution < 1.29 is 19.4 Å². The number of methoxy groups -OCH3 is 1. The summed E-state index contributed by atoms with van der Waals surface area (Å²) in [5.41, 5.74) is 0.721. The van der Waals surface area contributed by atoms with Crippen LogP contribution in [-0.4, -0.2) is 56.4 Å². The van der Waals surface area contributed by atoms with Crippen LogP contribution in [0.3, 0.4) is 0 Å². The molecule has 0 spiro atoms. The minimum atomic E-state index is -0.745. The van der Waals surface area contributed by atoms with Crippen molar-refractivity contribution in [2.24, 2.45) is 5.92 Å². The van der Waals surface area contributed by atoms with Gasteiger partial charge in [-0.3, -0.25) is 9.59 Å². The molecule has 7 heteroatoms. The van der Waals surface area contributed by atoms with E-state index < -0.39 is 6.04 Å². The van der Waals surface area contributed by atoms with Crippen LogP contribution in [0.1, 0.15) is 37.3 Å². The van der Waals surface area contributed by atoms with Crippen molar-refractivity contribution in [3.63, 3.8) is 0 Å². The highest BCUT2D eigenvalue weighted by Crippen LogP contribution is 2.28. The summed E-state index contributed by atoms with van der Waals surface area (Å²) in [6, 6.07) is 8.21. The van der Waals surface area contributed by atoms with E-state index >= 15 is 0 Å². The molecule has 150 valence electrons. The molecule has 4 N–H and O–H groups in total. The van der Waals surface area contributed by atoms with Crippen molar-refractivity contribution in [1.82, 2.24) is 16.0 Å². The Morgan fingerprint density at radius 1 is 1.26 bits per heavy atom. The number of aliphatic hydroxyl groups excluding tert-OH is 1. The van der Waals surface area contributed by atoms with E-state index in [2.05, 4.69) is 16.0 Å². The van der Waals surface area contributed by atoms with E-state index in [1.54, 1.807) is 26.3 Å². The summed E-state index contributed by atoms with van der Waals surface area (Å²) in [5.74, 6) is -0.293. The SMILES string of the molecule is CNC(=O)C(NC(=O)CNC(CO)C1CCCC(OC)C1)c1ccccc1. The Morgan fingerprint density at radius 3 is 2.63 bits per heavy atom. The van der Waals surface area contributed by atoms with Gasteiger partial charge >= 0.3 is 0 Å². The lowest BCUT2D eigenvalue weighted by Gasteiger charge is -2.33. The molecule has 2 rings (SSSR count). The third kappa shape index (κ3) is 6.30. The van der Waals surface area contributed by atoms with Crippen LogP contribution in [0.25, 0.3) is 0 Å². The van der Waals surface area contributed by atoms with Gasteiger partial charge in [0.15, 0.2) is 0 Å². The number of carbonyl (C=O) groups is 2. The number of hydrogen-bond acceptors (Lipinski definition) is 5. The van der Waals surface area contributed by atoms with Gasteiger partial charge in [-0.05, 0) is 30.7 Å². The Hall–Kier alpha value is -1.96. The van der Waals surface area contributed by atoms with Crippen LogP contribution in [-0.2, 0) is 14.3 Å². The van der Waals surface area contributed by atoms with Crippen molar-refractivity contribution in [3.05, 3.63) is 35.9 Å². The lowest BCUT2D eigenvalue weighted by Crippen LogP contribution is -2.48. The standard InChI is InChI=1S/C20H31N3O4/c1-21-20(26)19(14-7-4-3-5-8-14)23-18(25)12-22-17(13-24)15-9-6-10-16(11-15)27-2/h3-5,7-8,15-17,19,22,24H,6,9-13H2,1-2H3,(H,21,26)(H,23,25). The van der Waals surface area contributed by atoms with Gasteiger partial charge in [-0.25, -0.2) is 0 Å². The Kier molecular flexibility index (Phi) is 8.71. The van der Waals surface area contributed by atoms with Gasteiger partial charge in [0, 0.05) is 20.2 Å². The molecule has 2 amide bonds. The van der Waals surface area contributed by atoms with Crippen molar-refractivity contribution in [1.29, 1.82) is 0 Å². The molecule has 27 heavy (non-hydrogen) atoms. The zero-order valence-electron chi connectivity index (χ0n) is 16.1. The molecular weight excluding hydrogens is 346 g/mol. The molecule has 0 saturated heterocycles. The van der Waals surface area contributed by atoms with Gasteiger partial charge < -0.3 is 25.8 Å². The van der Waals surface area contributed by atoms with Crippen molar-refractivity contribution in [2.75, 3.05) is 27.3 Å². The first-order valence-corrected chi connectivity index (χ1v) is 9.52. The molecule has 0 aliphatic heterocycles. The Labute approximate surface area is 160 Å². The number of benzene rings is 1. The lowest BCUT2D eigenvalue weighted by molar-refractivity contribution is -0.128. The molecule has 0 radical (unpaired) electrons. The monoisotopic (exact) mass is 377 g/mol. The first-order valence-electron chi connectivity index (χ1n) is 9.52. The summed E-state index contributed by atoms with van der Waals surface area (Å²) in [6.45, 7) is 0.00560. The molecule has 1 fully saturated rings. The number of hydrogen-bond donors (Lipinski definition) is 4. The van der Waals surface area contributed by atoms with Gasteiger partial charge in [0.2, 0.25) is 11.8 Å². The molecule has 0 aromatic heterocycles. The van der Waals surface area contributed by atoms with Gasteiger partial charge in [0.25, 0.3) is 0 Å². The molecule has 1 aliphatic carbocycles. The first-order chi connectivity index (χ1) is 13.1. The van der Waals surface area contributed by atoms with E-state index in [-0.39, 0.29) is 43.0 Å². The van der Waals surface area contributed by atoms with Gasteiger partial charge in [0.05, 0.1) is 19.3 Å². The Bertz CT molecular complexity index is 596. The average molecular weight is 377 g/mol. The molecule has 4 unspecified atom stereocenters. The number of rotatable bonds is 9. The highest BCUT2D eigenvalue weighted by Gasteiger charge is 2.29. The largest absolute Gasteiger partial charge is 0.395 e. The quantitative estimate of drug-likeness (QED) is 0.509. The zero-order valence-corrected chi connectivity index (χ0v) is 16.1. The number of ether oxygens (including phenoxy) is 1. The molecule has 7 nitrogen and oxygen atoms in total. The van der Waals surface area contributed by atoms with E-state index in [4.69, 9.17) is 4.74 Å².